The summed E-state index contributed by atoms with van der Waals surface area (Å²) in [5, 5.41) is 2.87. The number of anilines is 1. The van der Waals surface area contributed by atoms with Gasteiger partial charge >= 0.3 is 0 Å². The van der Waals surface area contributed by atoms with E-state index in [1.54, 1.807) is 32.4 Å². The van der Waals surface area contributed by atoms with Gasteiger partial charge in [0, 0.05) is 16.6 Å². The fourth-order valence-corrected chi connectivity index (χ4v) is 3.03. The standard InChI is InChI=1S/C18H21NO3S/c1-12-5-8-17(13(2)9-12)23-11-18(20)19-14-6-7-15(21-3)16(10-14)22-4/h5-10H,11H2,1-4H3,(H,19,20). The zero-order chi connectivity index (χ0) is 16.8. The maximum Gasteiger partial charge on any atom is 0.234 e. The highest BCUT2D eigenvalue weighted by molar-refractivity contribution is 8.00. The number of nitrogens with one attached hydrogen (secondary N) is 1. The van der Waals surface area contributed by atoms with Gasteiger partial charge in [0.05, 0.1) is 20.0 Å². The Morgan fingerprint density at radius 3 is 2.43 bits per heavy atom. The van der Waals surface area contributed by atoms with Gasteiger partial charge in [0.15, 0.2) is 11.5 Å². The van der Waals surface area contributed by atoms with Gasteiger partial charge in [-0.2, -0.15) is 0 Å². The van der Waals surface area contributed by atoms with Gasteiger partial charge in [-0.1, -0.05) is 17.7 Å². The van der Waals surface area contributed by atoms with Crippen LogP contribution in [0.4, 0.5) is 5.69 Å². The van der Waals surface area contributed by atoms with Crippen LogP contribution < -0.4 is 14.8 Å². The molecule has 0 heterocycles. The van der Waals surface area contributed by atoms with Crippen LogP contribution in [0, 0.1) is 13.8 Å². The van der Waals surface area contributed by atoms with Gasteiger partial charge < -0.3 is 14.8 Å². The SMILES string of the molecule is COc1ccc(NC(=O)CSc2ccc(C)cc2C)cc1OC. The summed E-state index contributed by atoms with van der Waals surface area (Å²) in [6.07, 6.45) is 0. The van der Waals surface area contributed by atoms with Crippen LogP contribution in [0.3, 0.4) is 0 Å². The molecular formula is C18H21NO3S. The lowest BCUT2D eigenvalue weighted by molar-refractivity contribution is -0.113. The first-order valence-electron chi connectivity index (χ1n) is 7.25. The topological polar surface area (TPSA) is 47.6 Å². The quantitative estimate of drug-likeness (QED) is 0.811. The second-order valence-electron chi connectivity index (χ2n) is 5.18. The highest BCUT2D eigenvalue weighted by Crippen LogP contribution is 2.30. The van der Waals surface area contributed by atoms with Crippen molar-refractivity contribution in [2.75, 3.05) is 25.3 Å². The smallest absolute Gasteiger partial charge is 0.234 e. The summed E-state index contributed by atoms with van der Waals surface area (Å²) in [6.45, 7) is 4.12. The molecule has 2 aromatic carbocycles. The normalized spacial score (nSPS) is 10.3. The third-order valence-electron chi connectivity index (χ3n) is 3.36. The van der Waals surface area contributed by atoms with Crippen molar-refractivity contribution in [3.63, 3.8) is 0 Å². The van der Waals surface area contributed by atoms with E-state index in [-0.39, 0.29) is 5.91 Å². The first-order valence-corrected chi connectivity index (χ1v) is 8.24. The van der Waals surface area contributed by atoms with Gasteiger partial charge in [-0.3, -0.25) is 4.79 Å². The van der Waals surface area contributed by atoms with Crippen molar-refractivity contribution >= 4 is 23.4 Å². The summed E-state index contributed by atoms with van der Waals surface area (Å²) < 4.78 is 10.4. The fraction of sp³-hybridized carbons (Fsp3) is 0.278. The van der Waals surface area contributed by atoms with E-state index in [1.165, 1.54) is 22.9 Å². The van der Waals surface area contributed by atoms with E-state index in [0.717, 1.165) is 4.90 Å². The maximum atomic E-state index is 12.1. The van der Waals surface area contributed by atoms with Crippen molar-refractivity contribution in [1.29, 1.82) is 0 Å². The molecule has 2 aromatic rings. The van der Waals surface area contributed by atoms with E-state index in [0.29, 0.717) is 22.9 Å². The molecule has 0 aliphatic carbocycles. The number of rotatable bonds is 6. The molecule has 5 heteroatoms. The molecule has 0 radical (unpaired) electrons. The molecule has 0 fully saturated rings. The number of methoxy groups -OCH3 is 2. The Morgan fingerprint density at radius 2 is 1.78 bits per heavy atom. The van der Waals surface area contributed by atoms with E-state index < -0.39 is 0 Å². The molecule has 0 bridgehead atoms. The number of ether oxygens (including phenoxy) is 2. The Morgan fingerprint density at radius 1 is 1.04 bits per heavy atom. The highest BCUT2D eigenvalue weighted by atomic mass is 32.2. The molecule has 1 amide bonds. The average molecular weight is 331 g/mol. The van der Waals surface area contributed by atoms with Gasteiger partial charge in [-0.15, -0.1) is 11.8 Å². The molecule has 0 spiro atoms. The van der Waals surface area contributed by atoms with Gasteiger partial charge in [0.25, 0.3) is 0 Å². The summed E-state index contributed by atoms with van der Waals surface area (Å²) in [6, 6.07) is 11.5. The Kier molecular flexibility index (Phi) is 5.93. The second-order valence-corrected chi connectivity index (χ2v) is 6.19. The first kappa shape index (κ1) is 17.2. The summed E-state index contributed by atoms with van der Waals surface area (Å²) in [5.74, 6) is 1.53. The molecule has 0 saturated heterocycles. The molecule has 0 aliphatic heterocycles. The van der Waals surface area contributed by atoms with Crippen molar-refractivity contribution in [1.82, 2.24) is 0 Å². The summed E-state index contributed by atoms with van der Waals surface area (Å²) >= 11 is 1.53. The Labute approximate surface area is 141 Å². The van der Waals surface area contributed by atoms with Gasteiger partial charge in [0.1, 0.15) is 0 Å². The minimum Gasteiger partial charge on any atom is -0.493 e. The monoisotopic (exact) mass is 331 g/mol. The number of hydrogen-bond donors (Lipinski definition) is 1. The second kappa shape index (κ2) is 7.92. The largest absolute Gasteiger partial charge is 0.493 e. The Hall–Kier alpha value is -2.14. The maximum absolute atomic E-state index is 12.1. The molecule has 0 atom stereocenters. The number of aryl methyl sites for hydroxylation is 2. The number of thioether (sulfide) groups is 1. The molecular weight excluding hydrogens is 310 g/mol. The lowest BCUT2D eigenvalue weighted by Gasteiger charge is -2.11. The molecule has 2 rings (SSSR count). The van der Waals surface area contributed by atoms with Gasteiger partial charge in [0.2, 0.25) is 5.91 Å². The lowest BCUT2D eigenvalue weighted by atomic mass is 10.2. The van der Waals surface area contributed by atoms with Crippen LogP contribution in [0.25, 0.3) is 0 Å². The van der Waals surface area contributed by atoms with Crippen molar-refractivity contribution in [2.45, 2.75) is 18.7 Å². The number of hydrogen-bond acceptors (Lipinski definition) is 4. The molecule has 0 aliphatic rings. The minimum atomic E-state index is -0.0535. The van der Waals surface area contributed by atoms with E-state index in [2.05, 4.69) is 37.4 Å². The number of benzene rings is 2. The summed E-state index contributed by atoms with van der Waals surface area (Å²) in [5.41, 5.74) is 3.10. The Balaban J connectivity index is 1.97. The van der Waals surface area contributed by atoms with Crippen molar-refractivity contribution in [2.24, 2.45) is 0 Å². The number of amides is 1. The zero-order valence-electron chi connectivity index (χ0n) is 13.8. The minimum absolute atomic E-state index is 0.0535. The predicted molar refractivity (Wildman–Crippen MR) is 94.8 cm³/mol. The van der Waals surface area contributed by atoms with E-state index in [9.17, 15) is 4.79 Å². The van der Waals surface area contributed by atoms with Crippen LogP contribution in [0.1, 0.15) is 11.1 Å². The van der Waals surface area contributed by atoms with Crippen LogP contribution in [0.2, 0.25) is 0 Å². The summed E-state index contributed by atoms with van der Waals surface area (Å²) in [7, 11) is 3.15. The van der Waals surface area contributed by atoms with E-state index >= 15 is 0 Å². The molecule has 0 unspecified atom stereocenters. The number of carbonyl (C=O) groups excluding carboxylic acids is 1. The van der Waals surface area contributed by atoms with Crippen LogP contribution in [-0.4, -0.2) is 25.9 Å². The van der Waals surface area contributed by atoms with Crippen molar-refractivity contribution in [3.05, 3.63) is 47.5 Å². The fourth-order valence-electron chi connectivity index (χ4n) is 2.22. The van der Waals surface area contributed by atoms with Crippen LogP contribution in [0.15, 0.2) is 41.3 Å². The molecule has 23 heavy (non-hydrogen) atoms. The lowest BCUT2D eigenvalue weighted by Crippen LogP contribution is -2.14. The van der Waals surface area contributed by atoms with E-state index in [4.69, 9.17) is 9.47 Å². The van der Waals surface area contributed by atoms with E-state index in [1.807, 2.05) is 0 Å². The Bertz CT molecular complexity index is 701. The third kappa shape index (κ3) is 4.66. The predicted octanol–water partition coefficient (Wildman–Crippen LogP) is 4.05. The van der Waals surface area contributed by atoms with Gasteiger partial charge in [-0.25, -0.2) is 0 Å². The average Bonchev–Trinajstić information content (AvgIpc) is 2.54. The number of carbonyl (C=O) groups is 1. The third-order valence-corrected chi connectivity index (χ3v) is 4.53. The first-order chi connectivity index (χ1) is 11.0. The summed E-state index contributed by atoms with van der Waals surface area (Å²) in [4.78, 5) is 13.2. The van der Waals surface area contributed by atoms with Crippen molar-refractivity contribution < 1.29 is 14.3 Å². The van der Waals surface area contributed by atoms with Crippen molar-refractivity contribution in [3.8, 4) is 11.5 Å². The van der Waals surface area contributed by atoms with Gasteiger partial charge in [-0.05, 0) is 37.6 Å². The molecule has 1 N–H and O–H groups in total. The molecule has 0 saturated carbocycles. The highest BCUT2D eigenvalue weighted by Gasteiger charge is 2.09. The molecule has 0 aromatic heterocycles. The molecule has 4 nitrogen and oxygen atoms in total. The van der Waals surface area contributed by atoms with Crippen LogP contribution >= 0.6 is 11.8 Å². The van der Waals surface area contributed by atoms with Crippen LogP contribution in [-0.2, 0) is 4.79 Å². The molecule has 122 valence electrons. The zero-order valence-corrected chi connectivity index (χ0v) is 14.6. The van der Waals surface area contributed by atoms with Crippen LogP contribution in [0.5, 0.6) is 11.5 Å².